The van der Waals surface area contributed by atoms with E-state index < -0.39 is 17.8 Å². The molecule has 0 saturated carbocycles. The zero-order chi connectivity index (χ0) is 19.3. The van der Waals surface area contributed by atoms with Gasteiger partial charge in [0.05, 0.1) is 5.56 Å². The number of benzene rings is 2. The first-order valence-electron chi connectivity index (χ1n) is 8.38. The van der Waals surface area contributed by atoms with Crippen LogP contribution in [0.25, 0.3) is 0 Å². The van der Waals surface area contributed by atoms with E-state index in [0.717, 1.165) is 23.3 Å². The van der Waals surface area contributed by atoms with Crippen LogP contribution in [-0.4, -0.2) is 12.0 Å². The number of nitrogens with one attached hydrogen (secondary N) is 1. The van der Waals surface area contributed by atoms with Crippen molar-refractivity contribution in [2.24, 2.45) is 0 Å². The number of carbonyl (C=O) groups is 1. The Morgan fingerprint density at radius 1 is 1.15 bits per heavy atom. The summed E-state index contributed by atoms with van der Waals surface area (Å²) >= 11 is 0. The standard InChI is InChI=1S/C20H22F3NO2/c1-4-17(26-18-9-8-13(2)10-14(18)3)19(25)24-12-15-6-5-7-16(11-15)20(21,22)23/h5-11,17H,4,12H2,1-3H3,(H,24,25). The largest absolute Gasteiger partial charge is 0.480 e. The molecule has 1 N–H and O–H groups in total. The van der Waals surface area contributed by atoms with Gasteiger partial charge in [0.1, 0.15) is 5.75 Å². The molecule has 0 saturated heterocycles. The quantitative estimate of drug-likeness (QED) is 0.799. The van der Waals surface area contributed by atoms with Gasteiger partial charge in [-0.2, -0.15) is 13.2 Å². The summed E-state index contributed by atoms with van der Waals surface area (Å²) in [6.07, 6.45) is -4.66. The van der Waals surface area contributed by atoms with Gasteiger partial charge in [-0.1, -0.05) is 36.8 Å². The van der Waals surface area contributed by atoms with Crippen LogP contribution < -0.4 is 10.1 Å². The molecule has 0 heterocycles. The molecule has 2 aromatic rings. The zero-order valence-electron chi connectivity index (χ0n) is 15.0. The maximum atomic E-state index is 12.8. The Balaban J connectivity index is 2.01. The summed E-state index contributed by atoms with van der Waals surface area (Å²) in [5, 5.41) is 2.65. The predicted octanol–water partition coefficient (Wildman–Crippen LogP) is 4.80. The number of alkyl halides is 3. The van der Waals surface area contributed by atoms with Gasteiger partial charge >= 0.3 is 6.18 Å². The third-order valence-electron chi connectivity index (χ3n) is 3.98. The smallest absolute Gasteiger partial charge is 0.416 e. The van der Waals surface area contributed by atoms with Gasteiger partial charge in [-0.05, 0) is 49.6 Å². The van der Waals surface area contributed by atoms with Gasteiger partial charge < -0.3 is 10.1 Å². The highest BCUT2D eigenvalue weighted by molar-refractivity contribution is 5.81. The summed E-state index contributed by atoms with van der Waals surface area (Å²) in [5.74, 6) is 0.265. The van der Waals surface area contributed by atoms with Gasteiger partial charge in [0.25, 0.3) is 5.91 Å². The minimum absolute atomic E-state index is 0.00942. The van der Waals surface area contributed by atoms with E-state index in [1.165, 1.54) is 6.07 Å². The minimum Gasteiger partial charge on any atom is -0.480 e. The second-order valence-electron chi connectivity index (χ2n) is 6.20. The Kier molecular flexibility index (Phi) is 6.29. The number of hydrogen-bond donors (Lipinski definition) is 1. The zero-order valence-corrected chi connectivity index (χ0v) is 15.0. The lowest BCUT2D eigenvalue weighted by Gasteiger charge is -2.19. The normalized spacial score (nSPS) is 12.5. The fraction of sp³-hybridized carbons (Fsp3) is 0.350. The number of halogens is 3. The molecule has 0 radical (unpaired) electrons. The molecular formula is C20H22F3NO2. The first-order valence-corrected chi connectivity index (χ1v) is 8.38. The molecule has 0 bridgehead atoms. The highest BCUT2D eigenvalue weighted by Gasteiger charge is 2.30. The highest BCUT2D eigenvalue weighted by Crippen LogP contribution is 2.29. The van der Waals surface area contributed by atoms with Crippen LogP contribution in [-0.2, 0) is 17.5 Å². The molecule has 26 heavy (non-hydrogen) atoms. The fourth-order valence-corrected chi connectivity index (χ4v) is 2.57. The van der Waals surface area contributed by atoms with E-state index in [1.54, 1.807) is 6.07 Å². The summed E-state index contributed by atoms with van der Waals surface area (Å²) in [6, 6.07) is 10.6. The molecule has 0 aliphatic heterocycles. The average molecular weight is 365 g/mol. The van der Waals surface area contributed by atoms with Crippen molar-refractivity contribution in [2.45, 2.75) is 46.0 Å². The van der Waals surface area contributed by atoms with Crippen molar-refractivity contribution in [3.8, 4) is 5.75 Å². The molecule has 0 aliphatic rings. The van der Waals surface area contributed by atoms with Crippen molar-refractivity contribution in [1.82, 2.24) is 5.32 Å². The number of hydrogen-bond acceptors (Lipinski definition) is 2. The molecule has 0 spiro atoms. The Labute approximate surface area is 151 Å². The maximum Gasteiger partial charge on any atom is 0.416 e. The Hall–Kier alpha value is -2.50. The summed E-state index contributed by atoms with van der Waals surface area (Å²) < 4.78 is 44.0. The molecule has 1 atom stereocenters. The van der Waals surface area contributed by atoms with Crippen LogP contribution in [0.1, 0.15) is 35.6 Å². The van der Waals surface area contributed by atoms with E-state index in [9.17, 15) is 18.0 Å². The minimum atomic E-state index is -4.40. The van der Waals surface area contributed by atoms with E-state index in [1.807, 2.05) is 39.0 Å². The predicted molar refractivity (Wildman–Crippen MR) is 93.9 cm³/mol. The van der Waals surface area contributed by atoms with Crippen LogP contribution in [0.5, 0.6) is 5.75 Å². The fourth-order valence-electron chi connectivity index (χ4n) is 2.57. The lowest BCUT2D eigenvalue weighted by atomic mass is 10.1. The van der Waals surface area contributed by atoms with Crippen molar-refractivity contribution in [1.29, 1.82) is 0 Å². The molecule has 1 amide bonds. The monoisotopic (exact) mass is 365 g/mol. The second-order valence-corrected chi connectivity index (χ2v) is 6.20. The second kappa shape index (κ2) is 8.25. The van der Waals surface area contributed by atoms with Crippen LogP contribution in [0.4, 0.5) is 13.2 Å². The number of aryl methyl sites for hydroxylation is 2. The van der Waals surface area contributed by atoms with E-state index in [4.69, 9.17) is 4.74 Å². The first-order chi connectivity index (χ1) is 12.2. The molecule has 1 unspecified atom stereocenters. The molecule has 0 aliphatic carbocycles. The molecule has 3 nitrogen and oxygen atoms in total. The Morgan fingerprint density at radius 3 is 2.50 bits per heavy atom. The molecule has 140 valence electrons. The van der Waals surface area contributed by atoms with Crippen molar-refractivity contribution in [3.63, 3.8) is 0 Å². The average Bonchev–Trinajstić information content (AvgIpc) is 2.58. The van der Waals surface area contributed by atoms with Crippen molar-refractivity contribution >= 4 is 5.91 Å². The van der Waals surface area contributed by atoms with E-state index >= 15 is 0 Å². The number of carbonyl (C=O) groups excluding carboxylic acids is 1. The summed E-state index contributed by atoms with van der Waals surface area (Å²) in [7, 11) is 0. The molecular weight excluding hydrogens is 343 g/mol. The Bertz CT molecular complexity index is 772. The van der Waals surface area contributed by atoms with Crippen LogP contribution in [0.15, 0.2) is 42.5 Å². The third-order valence-corrected chi connectivity index (χ3v) is 3.98. The topological polar surface area (TPSA) is 38.3 Å². The molecule has 2 rings (SSSR count). The number of rotatable bonds is 6. The van der Waals surface area contributed by atoms with Gasteiger partial charge in [0, 0.05) is 6.54 Å². The molecule has 0 aromatic heterocycles. The van der Waals surface area contributed by atoms with Crippen LogP contribution >= 0.6 is 0 Å². The van der Waals surface area contributed by atoms with Crippen molar-refractivity contribution in [3.05, 3.63) is 64.7 Å². The van der Waals surface area contributed by atoms with Crippen molar-refractivity contribution in [2.75, 3.05) is 0 Å². The van der Waals surface area contributed by atoms with E-state index in [0.29, 0.717) is 17.7 Å². The van der Waals surface area contributed by atoms with E-state index in [2.05, 4.69) is 5.32 Å². The Morgan fingerprint density at radius 2 is 1.88 bits per heavy atom. The van der Waals surface area contributed by atoms with Gasteiger partial charge in [0.15, 0.2) is 6.10 Å². The van der Waals surface area contributed by atoms with Gasteiger partial charge in [-0.15, -0.1) is 0 Å². The summed E-state index contributed by atoms with van der Waals surface area (Å²) in [6.45, 7) is 5.69. The molecule has 6 heteroatoms. The van der Waals surface area contributed by atoms with Crippen LogP contribution in [0.2, 0.25) is 0 Å². The van der Waals surface area contributed by atoms with Gasteiger partial charge in [-0.3, -0.25) is 4.79 Å². The molecule has 2 aromatic carbocycles. The summed E-state index contributed by atoms with van der Waals surface area (Å²) in [4.78, 5) is 12.4. The third kappa shape index (κ3) is 5.25. The SMILES string of the molecule is CCC(Oc1ccc(C)cc1C)C(=O)NCc1cccc(C(F)(F)F)c1. The highest BCUT2D eigenvalue weighted by atomic mass is 19.4. The van der Waals surface area contributed by atoms with Crippen molar-refractivity contribution < 1.29 is 22.7 Å². The lowest BCUT2D eigenvalue weighted by Crippen LogP contribution is -2.37. The van der Waals surface area contributed by atoms with Crippen LogP contribution in [0.3, 0.4) is 0 Å². The molecule has 0 fully saturated rings. The van der Waals surface area contributed by atoms with E-state index in [-0.39, 0.29) is 12.5 Å². The lowest BCUT2D eigenvalue weighted by molar-refractivity contribution is -0.137. The van der Waals surface area contributed by atoms with Gasteiger partial charge in [0.2, 0.25) is 0 Å². The first kappa shape index (κ1) is 19.8. The van der Waals surface area contributed by atoms with Gasteiger partial charge in [-0.25, -0.2) is 0 Å². The number of amides is 1. The number of ether oxygens (including phenoxy) is 1. The summed E-state index contributed by atoms with van der Waals surface area (Å²) in [5.41, 5.74) is 1.67. The van der Waals surface area contributed by atoms with Crippen LogP contribution in [0, 0.1) is 13.8 Å². The maximum absolute atomic E-state index is 12.8.